The second-order valence-electron chi connectivity index (χ2n) is 3.60. The van der Waals surface area contributed by atoms with Gasteiger partial charge in [-0.05, 0) is 37.3 Å². The highest BCUT2D eigenvalue weighted by atomic mass is 32.1. The molecule has 0 unspecified atom stereocenters. The number of hydrogen-bond donors (Lipinski definition) is 2. The molecule has 0 saturated heterocycles. The van der Waals surface area contributed by atoms with E-state index in [1.807, 2.05) is 13.0 Å². The van der Waals surface area contributed by atoms with Crippen LogP contribution in [0.15, 0.2) is 30.3 Å². The highest BCUT2D eigenvalue weighted by Crippen LogP contribution is 2.20. The summed E-state index contributed by atoms with van der Waals surface area (Å²) in [5, 5.41) is 2.51. The number of halogens is 1. The van der Waals surface area contributed by atoms with E-state index in [0.717, 1.165) is 4.88 Å². The molecule has 0 saturated carbocycles. The highest BCUT2D eigenvalue weighted by Gasteiger charge is 2.10. The largest absolute Gasteiger partial charge is 0.399 e. The zero-order chi connectivity index (χ0) is 12.4. The molecule has 0 aliphatic carbocycles. The van der Waals surface area contributed by atoms with E-state index in [9.17, 15) is 9.18 Å². The molecule has 88 valence electrons. The number of aryl methyl sites for hydroxylation is 1. The van der Waals surface area contributed by atoms with Crippen LogP contribution in [0.3, 0.4) is 0 Å². The lowest BCUT2D eigenvalue weighted by Gasteiger charge is -2.05. The summed E-state index contributed by atoms with van der Waals surface area (Å²) in [6.07, 6.45) is 0. The number of benzene rings is 1. The summed E-state index contributed by atoms with van der Waals surface area (Å²) in [5.74, 6) is -0.849. The van der Waals surface area contributed by atoms with Crippen LogP contribution in [-0.2, 0) is 0 Å². The van der Waals surface area contributed by atoms with Gasteiger partial charge in [-0.3, -0.25) is 4.79 Å². The zero-order valence-electron chi connectivity index (χ0n) is 9.16. The number of nitrogens with two attached hydrogens (primary N) is 1. The summed E-state index contributed by atoms with van der Waals surface area (Å²) in [6, 6.07) is 7.72. The number of rotatable bonds is 2. The Kier molecular flexibility index (Phi) is 3.10. The van der Waals surface area contributed by atoms with E-state index in [-0.39, 0.29) is 11.6 Å². The smallest absolute Gasteiger partial charge is 0.265 e. The molecule has 2 aromatic rings. The first kappa shape index (κ1) is 11.6. The molecule has 0 fully saturated rings. The van der Waals surface area contributed by atoms with Gasteiger partial charge in [-0.2, -0.15) is 0 Å². The molecule has 0 atom stereocenters. The molecule has 1 aromatic carbocycles. The summed E-state index contributed by atoms with van der Waals surface area (Å²) in [5.41, 5.74) is 5.88. The fraction of sp³-hybridized carbons (Fsp3) is 0.0833. The van der Waals surface area contributed by atoms with E-state index < -0.39 is 5.82 Å². The van der Waals surface area contributed by atoms with Crippen LogP contribution in [0.1, 0.15) is 14.5 Å². The Morgan fingerprint density at radius 1 is 1.35 bits per heavy atom. The number of thiophene rings is 1. The molecular weight excluding hydrogens is 239 g/mol. The van der Waals surface area contributed by atoms with E-state index in [1.165, 1.54) is 23.5 Å². The molecule has 0 bridgehead atoms. The molecule has 5 heteroatoms. The van der Waals surface area contributed by atoms with Gasteiger partial charge < -0.3 is 11.1 Å². The zero-order valence-corrected chi connectivity index (χ0v) is 9.98. The predicted molar refractivity (Wildman–Crippen MR) is 67.8 cm³/mol. The van der Waals surface area contributed by atoms with E-state index >= 15 is 0 Å². The second kappa shape index (κ2) is 4.55. The number of hydrogen-bond acceptors (Lipinski definition) is 3. The van der Waals surface area contributed by atoms with E-state index in [0.29, 0.717) is 10.6 Å². The van der Waals surface area contributed by atoms with Crippen molar-refractivity contribution in [2.75, 3.05) is 11.1 Å². The monoisotopic (exact) mass is 250 g/mol. The van der Waals surface area contributed by atoms with Gasteiger partial charge in [-0.15, -0.1) is 11.3 Å². The Bertz CT molecular complexity index is 565. The van der Waals surface area contributed by atoms with Crippen molar-refractivity contribution in [3.8, 4) is 0 Å². The van der Waals surface area contributed by atoms with Crippen molar-refractivity contribution in [3.05, 3.63) is 45.9 Å². The van der Waals surface area contributed by atoms with Gasteiger partial charge in [0.2, 0.25) is 0 Å². The third kappa shape index (κ3) is 2.62. The van der Waals surface area contributed by atoms with Crippen molar-refractivity contribution >= 4 is 28.6 Å². The van der Waals surface area contributed by atoms with Crippen LogP contribution in [-0.4, -0.2) is 5.91 Å². The van der Waals surface area contributed by atoms with Crippen LogP contribution in [0.25, 0.3) is 0 Å². The second-order valence-corrected chi connectivity index (χ2v) is 4.89. The molecule has 0 radical (unpaired) electrons. The lowest BCUT2D eigenvalue weighted by molar-refractivity contribution is 0.103. The van der Waals surface area contributed by atoms with Gasteiger partial charge in [0.15, 0.2) is 0 Å². The van der Waals surface area contributed by atoms with E-state index in [4.69, 9.17) is 5.73 Å². The van der Waals surface area contributed by atoms with Gasteiger partial charge in [-0.1, -0.05) is 0 Å². The number of anilines is 2. The van der Waals surface area contributed by atoms with Crippen LogP contribution in [0.4, 0.5) is 15.8 Å². The number of carbonyl (C=O) groups is 1. The molecular formula is C12H11FN2OS. The fourth-order valence-corrected chi connectivity index (χ4v) is 2.14. The Hall–Kier alpha value is -1.88. The summed E-state index contributed by atoms with van der Waals surface area (Å²) in [6.45, 7) is 1.91. The minimum atomic E-state index is -0.536. The molecule has 1 amide bonds. The molecule has 1 heterocycles. The van der Waals surface area contributed by atoms with Gasteiger partial charge in [-0.25, -0.2) is 4.39 Å². The first-order chi connectivity index (χ1) is 8.06. The Balaban J connectivity index is 2.18. The van der Waals surface area contributed by atoms with Gasteiger partial charge in [0.05, 0.1) is 10.6 Å². The highest BCUT2D eigenvalue weighted by molar-refractivity contribution is 7.14. The van der Waals surface area contributed by atoms with Crippen LogP contribution in [0.2, 0.25) is 0 Å². The summed E-state index contributed by atoms with van der Waals surface area (Å²) in [7, 11) is 0. The molecule has 0 aliphatic rings. The first-order valence-electron chi connectivity index (χ1n) is 4.99. The lowest BCUT2D eigenvalue weighted by Crippen LogP contribution is -2.11. The SMILES string of the molecule is Cc1ccc(C(=O)Nc2ccc(N)cc2F)s1. The van der Waals surface area contributed by atoms with Crippen LogP contribution in [0.5, 0.6) is 0 Å². The van der Waals surface area contributed by atoms with Crippen molar-refractivity contribution in [1.29, 1.82) is 0 Å². The predicted octanol–water partition coefficient (Wildman–Crippen LogP) is 3.03. The minimum Gasteiger partial charge on any atom is -0.399 e. The maximum Gasteiger partial charge on any atom is 0.265 e. The summed E-state index contributed by atoms with van der Waals surface area (Å²) >= 11 is 1.36. The molecule has 3 N–H and O–H groups in total. The number of nitrogens with one attached hydrogen (secondary N) is 1. The number of nitrogen functional groups attached to an aromatic ring is 1. The van der Waals surface area contributed by atoms with Crippen LogP contribution in [0, 0.1) is 12.7 Å². The standard InChI is InChI=1S/C12H11FN2OS/c1-7-2-5-11(17-7)12(16)15-10-4-3-8(14)6-9(10)13/h2-6H,14H2,1H3,(H,15,16). The molecule has 3 nitrogen and oxygen atoms in total. The Morgan fingerprint density at radius 2 is 2.12 bits per heavy atom. The lowest BCUT2D eigenvalue weighted by atomic mass is 10.2. The topological polar surface area (TPSA) is 55.1 Å². The van der Waals surface area contributed by atoms with Gasteiger partial charge in [0, 0.05) is 10.6 Å². The van der Waals surface area contributed by atoms with Crippen molar-refractivity contribution in [1.82, 2.24) is 0 Å². The molecule has 17 heavy (non-hydrogen) atoms. The average Bonchev–Trinajstić information content (AvgIpc) is 2.69. The van der Waals surface area contributed by atoms with Gasteiger partial charge in [0.25, 0.3) is 5.91 Å². The van der Waals surface area contributed by atoms with E-state index in [1.54, 1.807) is 12.1 Å². The van der Waals surface area contributed by atoms with Gasteiger partial charge >= 0.3 is 0 Å². The quantitative estimate of drug-likeness (QED) is 0.805. The number of amides is 1. The Labute approximate surface area is 102 Å². The average molecular weight is 250 g/mol. The van der Waals surface area contributed by atoms with E-state index in [2.05, 4.69) is 5.32 Å². The third-order valence-corrected chi connectivity index (χ3v) is 3.20. The molecule has 2 rings (SSSR count). The molecule has 0 spiro atoms. The maximum atomic E-state index is 13.4. The van der Waals surface area contributed by atoms with Crippen molar-refractivity contribution in [2.24, 2.45) is 0 Å². The van der Waals surface area contributed by atoms with Gasteiger partial charge in [0.1, 0.15) is 5.82 Å². The normalized spacial score (nSPS) is 10.2. The fourth-order valence-electron chi connectivity index (χ4n) is 1.37. The van der Waals surface area contributed by atoms with Crippen molar-refractivity contribution < 1.29 is 9.18 Å². The maximum absolute atomic E-state index is 13.4. The molecule has 1 aromatic heterocycles. The first-order valence-corrected chi connectivity index (χ1v) is 5.81. The van der Waals surface area contributed by atoms with Crippen LogP contribution < -0.4 is 11.1 Å². The molecule has 0 aliphatic heterocycles. The van der Waals surface area contributed by atoms with Crippen molar-refractivity contribution in [2.45, 2.75) is 6.92 Å². The summed E-state index contributed by atoms with van der Waals surface area (Å²) < 4.78 is 13.4. The van der Waals surface area contributed by atoms with Crippen LogP contribution >= 0.6 is 11.3 Å². The minimum absolute atomic E-state index is 0.134. The van der Waals surface area contributed by atoms with Crippen molar-refractivity contribution in [3.63, 3.8) is 0 Å². The Morgan fingerprint density at radius 3 is 2.71 bits per heavy atom. The number of carbonyl (C=O) groups excluding carboxylic acids is 1. The third-order valence-electron chi connectivity index (χ3n) is 2.21. The summed E-state index contributed by atoms with van der Waals surface area (Å²) in [4.78, 5) is 13.4.